The van der Waals surface area contributed by atoms with Gasteiger partial charge in [0.15, 0.2) is 11.9 Å². The van der Waals surface area contributed by atoms with Crippen LogP contribution in [0.4, 0.5) is 4.39 Å². The minimum absolute atomic E-state index is 0.0700. The Balaban J connectivity index is 1.39. The van der Waals surface area contributed by atoms with Gasteiger partial charge in [-0.2, -0.15) is 4.98 Å². The molecule has 0 bridgehead atoms. The summed E-state index contributed by atoms with van der Waals surface area (Å²) in [5.74, 6) is 1.60. The van der Waals surface area contributed by atoms with Crippen LogP contribution in [-0.2, 0) is 4.79 Å². The summed E-state index contributed by atoms with van der Waals surface area (Å²) in [5, 5.41) is 4.26. The Morgan fingerprint density at radius 2 is 2.19 bits per heavy atom. The molecule has 1 aliphatic carbocycles. The van der Waals surface area contributed by atoms with Crippen LogP contribution in [0.1, 0.15) is 56.2 Å². The summed E-state index contributed by atoms with van der Waals surface area (Å²) < 4.78 is 24.2. The monoisotopic (exact) mass is 393 g/mol. The van der Waals surface area contributed by atoms with Crippen LogP contribution in [0.2, 0.25) is 5.02 Å². The molecule has 1 saturated carbocycles. The Morgan fingerprint density at radius 1 is 1.37 bits per heavy atom. The Kier molecular flexibility index (Phi) is 5.04. The zero-order chi connectivity index (χ0) is 19.0. The van der Waals surface area contributed by atoms with Crippen molar-refractivity contribution in [2.75, 3.05) is 13.1 Å². The van der Waals surface area contributed by atoms with E-state index in [9.17, 15) is 9.18 Å². The molecule has 2 aromatic rings. The third kappa shape index (κ3) is 4.08. The van der Waals surface area contributed by atoms with Gasteiger partial charge < -0.3 is 14.2 Å². The first-order chi connectivity index (χ1) is 13.0. The van der Waals surface area contributed by atoms with Crippen molar-refractivity contribution in [3.63, 3.8) is 0 Å². The van der Waals surface area contributed by atoms with E-state index in [1.807, 2.05) is 0 Å². The van der Waals surface area contributed by atoms with E-state index in [1.165, 1.54) is 18.2 Å². The van der Waals surface area contributed by atoms with Crippen molar-refractivity contribution in [2.24, 2.45) is 0 Å². The van der Waals surface area contributed by atoms with Gasteiger partial charge in [0, 0.05) is 24.9 Å². The maximum absolute atomic E-state index is 13.2. The minimum atomic E-state index is -0.723. The number of ether oxygens (including phenoxy) is 1. The highest BCUT2D eigenvalue weighted by atomic mass is 35.5. The second-order valence-electron chi connectivity index (χ2n) is 7.22. The number of nitrogens with zero attached hydrogens (tertiary/aromatic N) is 3. The standard InChI is InChI=1S/C19H21ClFN3O3/c1-11(26-16-7-6-14(21)9-15(16)20)19(25)24-8-2-3-13(10-24)17-22-18(27-23-17)12-4-5-12/h6-7,9,11-13H,2-5,8,10H2,1H3/t11-,13+/m1/s1. The molecule has 1 aromatic carbocycles. The van der Waals surface area contributed by atoms with Crippen molar-refractivity contribution < 1.29 is 18.4 Å². The summed E-state index contributed by atoms with van der Waals surface area (Å²) in [6.45, 7) is 2.87. The molecule has 0 N–H and O–H groups in total. The fourth-order valence-corrected chi connectivity index (χ4v) is 3.58. The number of hydrogen-bond acceptors (Lipinski definition) is 5. The van der Waals surface area contributed by atoms with E-state index in [0.717, 1.165) is 31.6 Å². The Bertz CT molecular complexity index is 839. The van der Waals surface area contributed by atoms with Crippen LogP contribution in [0.3, 0.4) is 0 Å². The number of aromatic nitrogens is 2. The molecule has 4 rings (SSSR count). The van der Waals surface area contributed by atoms with E-state index in [-0.39, 0.29) is 16.8 Å². The zero-order valence-corrected chi connectivity index (χ0v) is 15.8. The number of likely N-dealkylation sites (tertiary alicyclic amines) is 1. The van der Waals surface area contributed by atoms with E-state index < -0.39 is 11.9 Å². The van der Waals surface area contributed by atoms with Crippen molar-refractivity contribution in [3.05, 3.63) is 40.8 Å². The molecule has 27 heavy (non-hydrogen) atoms. The lowest BCUT2D eigenvalue weighted by Crippen LogP contribution is -2.45. The van der Waals surface area contributed by atoms with Crippen molar-refractivity contribution in [1.82, 2.24) is 15.0 Å². The third-order valence-corrected chi connectivity index (χ3v) is 5.32. The summed E-state index contributed by atoms with van der Waals surface area (Å²) in [6.07, 6.45) is 3.29. The molecule has 1 aliphatic heterocycles. The average Bonchev–Trinajstić information content (AvgIpc) is 3.40. The summed E-state index contributed by atoms with van der Waals surface area (Å²) in [7, 11) is 0. The average molecular weight is 394 g/mol. The summed E-state index contributed by atoms with van der Waals surface area (Å²) in [5.41, 5.74) is 0. The number of piperidine rings is 1. The topological polar surface area (TPSA) is 68.5 Å². The van der Waals surface area contributed by atoms with Crippen LogP contribution in [0.15, 0.2) is 22.7 Å². The molecule has 0 spiro atoms. The van der Waals surface area contributed by atoms with Gasteiger partial charge in [-0.1, -0.05) is 16.8 Å². The maximum Gasteiger partial charge on any atom is 0.263 e. The number of halogens is 2. The number of benzene rings is 1. The third-order valence-electron chi connectivity index (χ3n) is 5.03. The summed E-state index contributed by atoms with van der Waals surface area (Å²) >= 11 is 5.98. The van der Waals surface area contributed by atoms with Gasteiger partial charge in [0.2, 0.25) is 5.89 Å². The lowest BCUT2D eigenvalue weighted by molar-refractivity contribution is -0.139. The van der Waals surface area contributed by atoms with Gasteiger partial charge in [-0.3, -0.25) is 4.79 Å². The van der Waals surface area contributed by atoms with Crippen LogP contribution in [0, 0.1) is 5.82 Å². The molecule has 1 aromatic heterocycles. The lowest BCUT2D eigenvalue weighted by atomic mass is 9.97. The molecule has 1 amide bonds. The van der Waals surface area contributed by atoms with Crippen LogP contribution in [0.5, 0.6) is 5.75 Å². The number of hydrogen-bond donors (Lipinski definition) is 0. The first-order valence-electron chi connectivity index (χ1n) is 9.25. The SMILES string of the molecule is C[C@@H](Oc1ccc(F)cc1Cl)C(=O)N1CCC[C@H](c2noc(C3CC3)n2)C1. The zero-order valence-electron chi connectivity index (χ0n) is 15.0. The van der Waals surface area contributed by atoms with Crippen molar-refractivity contribution in [1.29, 1.82) is 0 Å². The molecule has 2 atom stereocenters. The highest BCUT2D eigenvalue weighted by molar-refractivity contribution is 6.32. The molecular weight excluding hydrogens is 373 g/mol. The van der Waals surface area contributed by atoms with Crippen molar-refractivity contribution >= 4 is 17.5 Å². The molecule has 2 aliphatic rings. The molecule has 1 saturated heterocycles. The Labute approximate surface area is 161 Å². The predicted octanol–water partition coefficient (Wildman–Crippen LogP) is 3.91. The highest BCUT2D eigenvalue weighted by Gasteiger charge is 2.34. The van der Waals surface area contributed by atoms with Gasteiger partial charge in [-0.25, -0.2) is 4.39 Å². The second kappa shape index (κ2) is 7.46. The van der Waals surface area contributed by atoms with Gasteiger partial charge >= 0.3 is 0 Å². The minimum Gasteiger partial charge on any atom is -0.479 e. The fourth-order valence-electron chi connectivity index (χ4n) is 3.37. The van der Waals surface area contributed by atoms with Crippen LogP contribution < -0.4 is 4.74 Å². The number of amides is 1. The first-order valence-corrected chi connectivity index (χ1v) is 9.63. The molecule has 8 heteroatoms. The molecule has 0 radical (unpaired) electrons. The van der Waals surface area contributed by atoms with Crippen LogP contribution in [0.25, 0.3) is 0 Å². The van der Waals surface area contributed by atoms with E-state index in [1.54, 1.807) is 11.8 Å². The maximum atomic E-state index is 13.2. The first kappa shape index (κ1) is 18.2. The summed E-state index contributed by atoms with van der Waals surface area (Å²) in [6, 6.07) is 3.85. The molecule has 2 heterocycles. The van der Waals surface area contributed by atoms with Gasteiger partial charge in [0.1, 0.15) is 11.6 Å². The smallest absolute Gasteiger partial charge is 0.263 e. The van der Waals surface area contributed by atoms with E-state index in [0.29, 0.717) is 30.6 Å². The van der Waals surface area contributed by atoms with Crippen molar-refractivity contribution in [2.45, 2.75) is 50.5 Å². The van der Waals surface area contributed by atoms with Crippen LogP contribution in [-0.4, -0.2) is 40.1 Å². The number of rotatable bonds is 5. The highest BCUT2D eigenvalue weighted by Crippen LogP contribution is 2.39. The Morgan fingerprint density at radius 3 is 2.93 bits per heavy atom. The quantitative estimate of drug-likeness (QED) is 0.770. The van der Waals surface area contributed by atoms with Gasteiger partial charge in [-0.05, 0) is 50.8 Å². The fraction of sp³-hybridized carbons (Fsp3) is 0.526. The van der Waals surface area contributed by atoms with E-state index in [4.69, 9.17) is 20.9 Å². The van der Waals surface area contributed by atoms with E-state index >= 15 is 0 Å². The molecule has 0 unspecified atom stereocenters. The molecule has 2 fully saturated rings. The van der Waals surface area contributed by atoms with Gasteiger partial charge in [0.25, 0.3) is 5.91 Å². The molecule has 6 nitrogen and oxygen atoms in total. The molecular formula is C19H21ClFN3O3. The molecule has 144 valence electrons. The van der Waals surface area contributed by atoms with Gasteiger partial charge in [-0.15, -0.1) is 0 Å². The number of carbonyl (C=O) groups is 1. The lowest BCUT2D eigenvalue weighted by Gasteiger charge is -2.33. The van der Waals surface area contributed by atoms with Gasteiger partial charge in [0.05, 0.1) is 5.02 Å². The predicted molar refractivity (Wildman–Crippen MR) is 96.3 cm³/mol. The second-order valence-corrected chi connectivity index (χ2v) is 7.63. The largest absolute Gasteiger partial charge is 0.479 e. The number of carbonyl (C=O) groups excluding carboxylic acids is 1. The Hall–Kier alpha value is -2.15. The van der Waals surface area contributed by atoms with E-state index in [2.05, 4.69) is 10.1 Å². The van der Waals surface area contributed by atoms with Crippen LogP contribution >= 0.6 is 11.6 Å². The summed E-state index contributed by atoms with van der Waals surface area (Å²) in [4.78, 5) is 19.1. The van der Waals surface area contributed by atoms with Crippen molar-refractivity contribution in [3.8, 4) is 5.75 Å². The normalized spacial score (nSPS) is 21.1.